The molecule has 0 saturated heterocycles. The van der Waals surface area contributed by atoms with Crippen molar-refractivity contribution in [2.45, 2.75) is 44.1 Å². The minimum atomic E-state index is -4.56. The zero-order chi connectivity index (χ0) is 28.7. The molecule has 0 aliphatic carbocycles. The Hall–Kier alpha value is -4.19. The number of aromatic nitrogens is 4. The summed E-state index contributed by atoms with van der Waals surface area (Å²) < 4.78 is 14.3. The molecule has 10 heteroatoms. The molecule has 0 fully saturated rings. The number of nitrogens with zero attached hydrogens (tertiary/aromatic N) is 5. The molecule has 1 aromatic heterocycles. The SMILES string of the molecule is N#CCCn1nnnc1C(Cc1ccc(-c2ccccc2)cc1)NC(CCc1cccc2ccccc12)P(=O)(O)O. The Balaban J connectivity index is 1.41. The van der Waals surface area contributed by atoms with Gasteiger partial charge in [-0.25, -0.2) is 4.68 Å². The number of rotatable bonds is 12. The molecular formula is C31H31N6O3P. The minimum absolute atomic E-state index is 0.208. The van der Waals surface area contributed by atoms with Crippen LogP contribution in [0.2, 0.25) is 0 Å². The summed E-state index contributed by atoms with van der Waals surface area (Å²) in [5, 5.41) is 26.5. The lowest BCUT2D eigenvalue weighted by atomic mass is 9.99. The first-order chi connectivity index (χ1) is 19.9. The Morgan fingerprint density at radius 3 is 2.37 bits per heavy atom. The van der Waals surface area contributed by atoms with E-state index >= 15 is 0 Å². The van der Waals surface area contributed by atoms with Crippen molar-refractivity contribution < 1.29 is 14.4 Å². The Labute approximate surface area is 238 Å². The number of nitriles is 1. The molecule has 0 bridgehead atoms. The first-order valence-electron chi connectivity index (χ1n) is 13.5. The van der Waals surface area contributed by atoms with E-state index in [1.807, 2.05) is 97.1 Å². The van der Waals surface area contributed by atoms with Gasteiger partial charge in [-0.3, -0.25) is 9.88 Å². The Morgan fingerprint density at radius 1 is 0.902 bits per heavy atom. The number of fused-ring (bicyclic) bond motifs is 1. The van der Waals surface area contributed by atoms with Crippen molar-refractivity contribution in [1.29, 1.82) is 5.26 Å². The summed E-state index contributed by atoms with van der Waals surface area (Å²) >= 11 is 0. The Morgan fingerprint density at radius 2 is 1.61 bits per heavy atom. The molecule has 4 aromatic carbocycles. The van der Waals surface area contributed by atoms with Gasteiger partial charge in [0.05, 0.1) is 25.1 Å². The maximum atomic E-state index is 12.8. The second-order valence-corrected chi connectivity index (χ2v) is 11.7. The van der Waals surface area contributed by atoms with Crippen molar-refractivity contribution >= 4 is 18.4 Å². The maximum absolute atomic E-state index is 12.8. The second kappa shape index (κ2) is 13.0. The van der Waals surface area contributed by atoms with Crippen LogP contribution < -0.4 is 5.32 Å². The molecule has 41 heavy (non-hydrogen) atoms. The predicted octanol–water partition coefficient (Wildman–Crippen LogP) is 5.42. The Kier molecular flexibility index (Phi) is 8.98. The average Bonchev–Trinajstić information content (AvgIpc) is 3.46. The van der Waals surface area contributed by atoms with E-state index in [4.69, 9.17) is 5.26 Å². The number of benzene rings is 4. The summed E-state index contributed by atoms with van der Waals surface area (Å²) in [6.45, 7) is 0.278. The van der Waals surface area contributed by atoms with E-state index in [1.165, 1.54) is 4.68 Å². The summed E-state index contributed by atoms with van der Waals surface area (Å²) in [7, 11) is -4.56. The van der Waals surface area contributed by atoms with Crippen LogP contribution in [0.5, 0.6) is 0 Å². The third-order valence-corrected chi connectivity index (χ3v) is 8.39. The lowest BCUT2D eigenvalue weighted by Crippen LogP contribution is -2.36. The van der Waals surface area contributed by atoms with Crippen LogP contribution >= 0.6 is 7.60 Å². The van der Waals surface area contributed by atoms with E-state index in [2.05, 4.69) is 26.9 Å². The molecule has 1 heterocycles. The van der Waals surface area contributed by atoms with Crippen LogP contribution in [0, 0.1) is 11.3 Å². The van der Waals surface area contributed by atoms with Gasteiger partial charge >= 0.3 is 7.60 Å². The highest BCUT2D eigenvalue weighted by Gasteiger charge is 2.33. The topological polar surface area (TPSA) is 137 Å². The first-order valence-corrected chi connectivity index (χ1v) is 15.2. The monoisotopic (exact) mass is 566 g/mol. The molecule has 2 atom stereocenters. The molecule has 0 radical (unpaired) electrons. The minimum Gasteiger partial charge on any atom is -0.323 e. The van der Waals surface area contributed by atoms with Gasteiger partial charge in [0.2, 0.25) is 0 Å². The van der Waals surface area contributed by atoms with Crippen LogP contribution in [0.4, 0.5) is 0 Å². The number of hydrogen-bond donors (Lipinski definition) is 3. The molecule has 208 valence electrons. The van der Waals surface area contributed by atoms with E-state index in [9.17, 15) is 14.4 Å². The van der Waals surface area contributed by atoms with Gasteiger partial charge in [-0.1, -0.05) is 97.1 Å². The van der Waals surface area contributed by atoms with Crippen LogP contribution in [0.15, 0.2) is 97.1 Å². The van der Waals surface area contributed by atoms with Crippen molar-refractivity contribution in [3.05, 3.63) is 114 Å². The normalized spacial score (nSPS) is 13.1. The van der Waals surface area contributed by atoms with Crippen LogP contribution in [-0.4, -0.2) is 35.8 Å². The van der Waals surface area contributed by atoms with E-state index in [1.54, 1.807) is 0 Å². The van der Waals surface area contributed by atoms with E-state index in [0.29, 0.717) is 18.7 Å². The van der Waals surface area contributed by atoms with E-state index in [0.717, 1.165) is 33.0 Å². The standard InChI is InChI=1S/C31H31N6O3P/c32-20-7-21-37-31(34-35-36-37)29(22-23-14-16-25(17-15-23)24-8-2-1-3-9-24)33-30(41(38,39)40)19-18-27-12-6-11-26-10-4-5-13-28(26)27/h1-6,8-17,29-30,33H,7,18-19,21-22H2,(H2,38,39,40). The third kappa shape index (κ3) is 7.12. The van der Waals surface area contributed by atoms with E-state index in [-0.39, 0.29) is 19.4 Å². The molecular weight excluding hydrogens is 535 g/mol. The fourth-order valence-corrected chi connectivity index (χ4v) is 5.92. The van der Waals surface area contributed by atoms with Crippen LogP contribution in [0.1, 0.15) is 35.8 Å². The molecule has 5 aromatic rings. The van der Waals surface area contributed by atoms with Gasteiger partial charge in [0.15, 0.2) is 5.82 Å². The van der Waals surface area contributed by atoms with Gasteiger partial charge < -0.3 is 9.79 Å². The highest BCUT2D eigenvalue weighted by molar-refractivity contribution is 7.52. The van der Waals surface area contributed by atoms with E-state index < -0.39 is 19.4 Å². The molecule has 0 spiro atoms. The molecule has 0 saturated carbocycles. The summed E-state index contributed by atoms with van der Waals surface area (Å²) in [6, 6.07) is 33.6. The molecule has 0 aliphatic heterocycles. The highest BCUT2D eigenvalue weighted by atomic mass is 31.2. The van der Waals surface area contributed by atoms with Gasteiger partial charge in [-0.15, -0.1) is 5.10 Å². The largest absolute Gasteiger partial charge is 0.342 e. The fraction of sp³-hybridized carbons (Fsp3) is 0.226. The van der Waals surface area contributed by atoms with Gasteiger partial charge in [0, 0.05) is 0 Å². The summed E-state index contributed by atoms with van der Waals surface area (Å²) in [6.07, 6.45) is 1.29. The van der Waals surface area contributed by atoms with Gasteiger partial charge in [0.25, 0.3) is 0 Å². The van der Waals surface area contributed by atoms with Gasteiger partial charge in [-0.2, -0.15) is 5.26 Å². The predicted molar refractivity (Wildman–Crippen MR) is 158 cm³/mol. The van der Waals surface area contributed by atoms with Crippen molar-refractivity contribution in [1.82, 2.24) is 25.5 Å². The van der Waals surface area contributed by atoms with Gasteiger partial charge in [0.1, 0.15) is 5.78 Å². The number of nitrogens with one attached hydrogen (secondary N) is 1. The molecule has 9 nitrogen and oxygen atoms in total. The molecule has 3 N–H and O–H groups in total. The first kappa shape index (κ1) is 28.3. The Bertz CT molecular complexity index is 1670. The number of hydrogen-bond acceptors (Lipinski definition) is 6. The van der Waals surface area contributed by atoms with Crippen LogP contribution in [-0.2, 0) is 24.0 Å². The smallest absolute Gasteiger partial charge is 0.323 e. The van der Waals surface area contributed by atoms with Gasteiger partial charge in [-0.05, 0) is 62.7 Å². The van der Waals surface area contributed by atoms with Crippen molar-refractivity contribution in [3.63, 3.8) is 0 Å². The third-order valence-electron chi connectivity index (χ3n) is 7.17. The van der Waals surface area contributed by atoms with Crippen LogP contribution in [0.3, 0.4) is 0 Å². The van der Waals surface area contributed by atoms with Crippen LogP contribution in [0.25, 0.3) is 21.9 Å². The van der Waals surface area contributed by atoms with Crippen molar-refractivity contribution in [3.8, 4) is 17.2 Å². The zero-order valence-corrected chi connectivity index (χ0v) is 23.3. The summed E-state index contributed by atoms with van der Waals surface area (Å²) in [4.78, 5) is 20.8. The van der Waals surface area contributed by atoms with Crippen molar-refractivity contribution in [2.24, 2.45) is 0 Å². The molecule has 0 aliphatic rings. The maximum Gasteiger partial charge on any atom is 0.342 e. The number of aryl methyl sites for hydroxylation is 2. The van der Waals surface area contributed by atoms with Crippen molar-refractivity contribution in [2.75, 3.05) is 0 Å². The zero-order valence-electron chi connectivity index (χ0n) is 22.4. The molecule has 5 rings (SSSR count). The highest BCUT2D eigenvalue weighted by Crippen LogP contribution is 2.43. The summed E-state index contributed by atoms with van der Waals surface area (Å²) in [5.74, 6) is -0.702. The second-order valence-electron chi connectivity index (χ2n) is 9.94. The molecule has 0 amide bonds. The fourth-order valence-electron chi connectivity index (χ4n) is 5.08. The quantitative estimate of drug-likeness (QED) is 0.170. The molecule has 2 unspecified atom stereocenters. The lowest BCUT2D eigenvalue weighted by molar-refractivity contribution is 0.326. The summed E-state index contributed by atoms with van der Waals surface area (Å²) in [5.41, 5.74) is 4.15. The number of tetrazole rings is 1. The average molecular weight is 567 g/mol. The lowest BCUT2D eigenvalue weighted by Gasteiger charge is -2.26.